The number of hydrogen-bond donors (Lipinski definition) is 0. The van der Waals surface area contributed by atoms with Crippen molar-refractivity contribution in [2.24, 2.45) is 0 Å². The third-order valence-corrected chi connectivity index (χ3v) is 13.3. The molecule has 1 aliphatic heterocycles. The van der Waals surface area contributed by atoms with Gasteiger partial charge in [-0.3, -0.25) is 0 Å². The molecule has 0 atom stereocenters. The molecule has 4 heterocycles. The van der Waals surface area contributed by atoms with Gasteiger partial charge in [0.2, 0.25) is 0 Å². The minimum atomic E-state index is -0.233. The molecule has 0 saturated heterocycles. The first-order valence-corrected chi connectivity index (χ1v) is 24.2. The van der Waals surface area contributed by atoms with Crippen LogP contribution in [0.1, 0.15) is 105 Å². The van der Waals surface area contributed by atoms with E-state index in [-0.39, 0.29) is 42.7 Å². The first-order valence-electron chi connectivity index (χ1n) is 24.2. The molecule has 6 aromatic carbocycles. The summed E-state index contributed by atoms with van der Waals surface area (Å²) in [5, 5.41) is 2.03. The molecule has 0 radical (unpaired) electrons. The Morgan fingerprint density at radius 2 is 1.08 bits per heavy atom. The molecule has 8 nitrogen and oxygen atoms in total. The van der Waals surface area contributed by atoms with Gasteiger partial charge in [0, 0.05) is 46.5 Å². The van der Waals surface area contributed by atoms with Crippen molar-refractivity contribution in [1.29, 1.82) is 0 Å². The molecule has 0 amide bonds. The summed E-state index contributed by atoms with van der Waals surface area (Å²) in [5.41, 5.74) is 11.5. The molecular formula is C62H61N7OPt+2. The van der Waals surface area contributed by atoms with E-state index in [1.165, 1.54) is 16.7 Å². The molecule has 0 fully saturated rings. The average Bonchev–Trinajstić information content (AvgIpc) is 3.83. The van der Waals surface area contributed by atoms with Crippen LogP contribution in [0.3, 0.4) is 0 Å². The average molecular weight is 1120 g/mol. The number of aromatic nitrogens is 5. The number of benzene rings is 6. The molecule has 0 aliphatic carbocycles. The van der Waals surface area contributed by atoms with Gasteiger partial charge < -0.3 is 9.30 Å². The third-order valence-electron chi connectivity index (χ3n) is 13.3. The van der Waals surface area contributed by atoms with Crippen molar-refractivity contribution < 1.29 is 30.4 Å². The van der Waals surface area contributed by atoms with Crippen LogP contribution in [0.15, 0.2) is 134 Å². The van der Waals surface area contributed by atoms with Crippen LogP contribution in [-0.2, 0) is 42.7 Å². The number of pyridine rings is 1. The van der Waals surface area contributed by atoms with Crippen LogP contribution >= 0.6 is 0 Å². The molecule has 0 bridgehead atoms. The second-order valence-electron chi connectivity index (χ2n) is 22.7. The first kappa shape index (κ1) is 49.1. The summed E-state index contributed by atoms with van der Waals surface area (Å²) < 4.78 is 13.5. The van der Waals surface area contributed by atoms with Crippen LogP contribution in [0.5, 0.6) is 11.5 Å². The Morgan fingerprint density at radius 1 is 0.535 bits per heavy atom. The van der Waals surface area contributed by atoms with E-state index in [1.807, 2.05) is 48.2 Å². The summed E-state index contributed by atoms with van der Waals surface area (Å²) in [4.78, 5) is 20.8. The van der Waals surface area contributed by atoms with Crippen LogP contribution in [0, 0.1) is 12.1 Å². The van der Waals surface area contributed by atoms with Gasteiger partial charge >= 0.3 is 27.1 Å². The Bertz CT molecular complexity index is 3500. The maximum atomic E-state index is 7.27. The summed E-state index contributed by atoms with van der Waals surface area (Å²) in [6, 6.07) is 55.6. The number of hydrogen-bond acceptors (Lipinski definition) is 5. The summed E-state index contributed by atoms with van der Waals surface area (Å²) in [6.45, 7) is 26.7. The Balaban J connectivity index is 0.00000624. The van der Waals surface area contributed by atoms with Gasteiger partial charge in [-0.1, -0.05) is 189 Å². The fourth-order valence-corrected chi connectivity index (χ4v) is 9.02. The molecule has 358 valence electrons. The minimum Gasteiger partial charge on any atom is -0.508 e. The molecule has 0 N–H and O–H groups in total. The Labute approximate surface area is 433 Å². The van der Waals surface area contributed by atoms with E-state index in [0.29, 0.717) is 34.5 Å². The zero-order valence-corrected chi connectivity index (χ0v) is 45.3. The molecular weight excluding hydrogens is 1050 g/mol. The van der Waals surface area contributed by atoms with Gasteiger partial charge in [0.15, 0.2) is 18.7 Å². The van der Waals surface area contributed by atoms with Gasteiger partial charge in [0.05, 0.1) is 0 Å². The second kappa shape index (κ2) is 18.1. The van der Waals surface area contributed by atoms with Gasteiger partial charge in [-0.05, 0) is 67.5 Å². The van der Waals surface area contributed by atoms with E-state index in [0.717, 1.165) is 61.4 Å². The van der Waals surface area contributed by atoms with Crippen molar-refractivity contribution in [2.75, 3.05) is 7.05 Å². The summed E-state index contributed by atoms with van der Waals surface area (Å²) in [5.74, 6) is 3.32. The number of ether oxygens (including phenoxy) is 1. The van der Waals surface area contributed by atoms with E-state index in [2.05, 4.69) is 207 Å². The van der Waals surface area contributed by atoms with Crippen LogP contribution in [-0.4, -0.2) is 42.1 Å². The Hall–Kier alpha value is -6.85. The smallest absolute Gasteiger partial charge is 0.508 e. The number of rotatable bonds is 7. The molecule has 10 rings (SSSR count). The van der Waals surface area contributed by atoms with Crippen LogP contribution in [0.2, 0.25) is 0 Å². The zero-order valence-electron chi connectivity index (χ0n) is 43.1. The molecule has 0 unspecified atom stereocenters. The summed E-state index contributed by atoms with van der Waals surface area (Å²) in [7, 11) is 2.01. The van der Waals surface area contributed by atoms with E-state index >= 15 is 0 Å². The van der Waals surface area contributed by atoms with Crippen molar-refractivity contribution in [2.45, 2.75) is 105 Å². The molecule has 0 spiro atoms. The normalized spacial score (nSPS) is 13.0. The largest absolute Gasteiger partial charge is 2.00 e. The molecule has 1 aliphatic rings. The SMILES string of the molecule is C[N+]1=C=[N+](c2[c-]c(Oc3[c-]c4c(cc3-c3nc(-c5ccc(C(C)(C)C)cc5)nc(-c5ccc(C(C)(C)C)cc5)n3)c3cc(C(C)(C)C)ccc3n4-c3ccccn3)cc(C(C)(C)C)c2)c2ccccc21.[Pt+2]. The van der Waals surface area contributed by atoms with Crippen LogP contribution in [0.25, 0.3) is 61.8 Å². The van der Waals surface area contributed by atoms with E-state index in [9.17, 15) is 0 Å². The number of para-hydroxylation sites is 2. The van der Waals surface area contributed by atoms with Crippen molar-refractivity contribution in [3.05, 3.63) is 168 Å². The summed E-state index contributed by atoms with van der Waals surface area (Å²) in [6.07, 6.45) is 1.83. The van der Waals surface area contributed by atoms with Crippen molar-refractivity contribution in [3.8, 4) is 51.5 Å². The van der Waals surface area contributed by atoms with E-state index in [4.69, 9.17) is 24.7 Å². The molecule has 9 heteroatoms. The Morgan fingerprint density at radius 3 is 1.65 bits per heavy atom. The minimum absolute atomic E-state index is 0. The topological polar surface area (TPSA) is 71.7 Å². The maximum absolute atomic E-state index is 7.27. The number of fused-ring (bicyclic) bond motifs is 4. The second-order valence-corrected chi connectivity index (χ2v) is 22.7. The quantitative estimate of drug-likeness (QED) is 0.117. The predicted molar refractivity (Wildman–Crippen MR) is 286 cm³/mol. The van der Waals surface area contributed by atoms with Gasteiger partial charge in [0.1, 0.15) is 17.3 Å². The fraction of sp³-hybridized carbons (Fsp3) is 0.274. The van der Waals surface area contributed by atoms with E-state index < -0.39 is 0 Å². The van der Waals surface area contributed by atoms with Gasteiger partial charge in [0.25, 0.3) is 11.4 Å². The monoisotopic (exact) mass is 1110 g/mol. The van der Waals surface area contributed by atoms with Gasteiger partial charge in [-0.15, -0.1) is 29.1 Å². The fourth-order valence-electron chi connectivity index (χ4n) is 9.02. The third kappa shape index (κ3) is 9.56. The first-order chi connectivity index (χ1) is 33.1. The van der Waals surface area contributed by atoms with Gasteiger partial charge in [-0.2, -0.15) is 0 Å². The summed E-state index contributed by atoms with van der Waals surface area (Å²) >= 11 is 0. The number of nitrogens with zero attached hydrogens (tertiary/aromatic N) is 7. The van der Waals surface area contributed by atoms with Crippen molar-refractivity contribution >= 4 is 44.9 Å². The van der Waals surface area contributed by atoms with Crippen molar-refractivity contribution in [1.82, 2.24) is 29.1 Å². The standard InChI is InChI=1S/C62H61N7O.Pt/c1-59(2,3)41-25-21-39(22-26-41)56-64-57(40-23-27-42(28-24-40)60(4,5)6)66-58(65-56)49-36-48-47-34-43(61(7,8)9)29-30-50(47)69(55-20-16-17-31-63-55)53(48)37-54(49)70-46-33-44(62(10,11)12)32-45(35-46)68-38-67(13)51-18-14-15-19-52(51)68;/h14-34,36H,1-13H3;/q;+2. The van der Waals surface area contributed by atoms with E-state index in [1.54, 1.807) is 0 Å². The zero-order chi connectivity index (χ0) is 49.5. The molecule has 71 heavy (non-hydrogen) atoms. The van der Waals surface area contributed by atoms with Crippen LogP contribution in [0.4, 0.5) is 17.1 Å². The molecule has 0 saturated carbocycles. The van der Waals surface area contributed by atoms with Crippen LogP contribution < -0.4 is 9.31 Å². The predicted octanol–water partition coefficient (Wildman–Crippen LogP) is 15.2. The Kier molecular flexibility index (Phi) is 12.5. The molecule has 3 aromatic heterocycles. The van der Waals surface area contributed by atoms with Gasteiger partial charge in [-0.25, -0.2) is 19.9 Å². The maximum Gasteiger partial charge on any atom is 2.00 e. The molecule has 9 aromatic rings. The van der Waals surface area contributed by atoms with Crippen molar-refractivity contribution in [3.63, 3.8) is 0 Å².